The first-order valence-corrected chi connectivity index (χ1v) is 10.3. The van der Waals surface area contributed by atoms with Gasteiger partial charge in [-0.05, 0) is 42.8 Å². The lowest BCUT2D eigenvalue weighted by atomic mass is 10.2. The molecule has 0 aliphatic rings. The fourth-order valence-corrected chi connectivity index (χ4v) is 3.37. The van der Waals surface area contributed by atoms with Crippen molar-refractivity contribution in [3.8, 4) is 5.82 Å². The highest BCUT2D eigenvalue weighted by molar-refractivity contribution is 6.33. The van der Waals surface area contributed by atoms with E-state index in [1.54, 1.807) is 29.1 Å². The monoisotopic (exact) mass is 470 g/mol. The van der Waals surface area contributed by atoms with E-state index in [-0.39, 0.29) is 22.6 Å². The Balaban J connectivity index is 1.50. The zero-order chi connectivity index (χ0) is 22.7. The van der Waals surface area contributed by atoms with Gasteiger partial charge < -0.3 is 10.6 Å². The van der Waals surface area contributed by atoms with Crippen LogP contribution in [0.25, 0.3) is 5.82 Å². The van der Waals surface area contributed by atoms with Gasteiger partial charge in [-0.3, -0.25) is 9.36 Å². The summed E-state index contributed by atoms with van der Waals surface area (Å²) in [5.41, 5.74) is 2.35. The molecule has 0 aliphatic carbocycles. The van der Waals surface area contributed by atoms with Crippen LogP contribution in [0.1, 0.15) is 21.6 Å². The fourth-order valence-electron chi connectivity index (χ4n) is 2.94. The number of aryl methyl sites for hydroxylation is 1. The summed E-state index contributed by atoms with van der Waals surface area (Å²) < 4.78 is 14.9. The van der Waals surface area contributed by atoms with Crippen molar-refractivity contribution in [2.24, 2.45) is 0 Å². The van der Waals surface area contributed by atoms with Crippen LogP contribution in [0.2, 0.25) is 10.0 Å². The van der Waals surface area contributed by atoms with Gasteiger partial charge in [-0.1, -0.05) is 35.3 Å². The summed E-state index contributed by atoms with van der Waals surface area (Å²) in [4.78, 5) is 25.4. The number of hydrogen-bond acceptors (Lipinski definition) is 5. The number of carbonyl (C=O) groups is 1. The molecule has 32 heavy (non-hydrogen) atoms. The lowest BCUT2D eigenvalue weighted by Gasteiger charge is -2.10. The van der Waals surface area contributed by atoms with Crippen LogP contribution in [-0.4, -0.2) is 25.4 Å². The number of hydrogen-bond donors (Lipinski definition) is 2. The highest BCUT2D eigenvalue weighted by Crippen LogP contribution is 2.25. The third-order valence-electron chi connectivity index (χ3n) is 4.52. The van der Waals surface area contributed by atoms with Crippen molar-refractivity contribution in [1.82, 2.24) is 24.8 Å². The van der Waals surface area contributed by atoms with Crippen LogP contribution in [-0.2, 0) is 6.54 Å². The molecule has 0 saturated heterocycles. The summed E-state index contributed by atoms with van der Waals surface area (Å²) in [7, 11) is 0. The first kappa shape index (κ1) is 21.7. The molecule has 10 heteroatoms. The molecule has 0 atom stereocenters. The second kappa shape index (κ2) is 9.33. The van der Waals surface area contributed by atoms with Crippen LogP contribution < -0.4 is 10.6 Å². The third kappa shape index (κ3) is 5.04. The fraction of sp³-hybridized carbons (Fsp3) is 0.0909. The summed E-state index contributed by atoms with van der Waals surface area (Å²) in [5.74, 6) is 0.0272. The molecule has 0 aliphatic heterocycles. The molecule has 2 aromatic heterocycles. The zero-order valence-electron chi connectivity index (χ0n) is 16.8. The molecule has 4 aromatic rings. The van der Waals surface area contributed by atoms with Crippen molar-refractivity contribution < 1.29 is 9.18 Å². The molecule has 4 rings (SSSR count). The highest BCUT2D eigenvalue weighted by atomic mass is 35.5. The predicted octanol–water partition coefficient (Wildman–Crippen LogP) is 5.09. The summed E-state index contributed by atoms with van der Waals surface area (Å²) in [5, 5.41) is 6.59. The second-order valence-electron chi connectivity index (χ2n) is 6.93. The summed E-state index contributed by atoms with van der Waals surface area (Å²) in [6, 6.07) is 11.2. The quantitative estimate of drug-likeness (QED) is 0.409. The lowest BCUT2D eigenvalue weighted by Crippen LogP contribution is -2.23. The summed E-state index contributed by atoms with van der Waals surface area (Å²) in [6.07, 6.45) is 4.70. The maximum absolute atomic E-state index is 13.3. The van der Waals surface area contributed by atoms with Gasteiger partial charge in [0.2, 0.25) is 5.95 Å². The minimum absolute atomic E-state index is 0.206. The predicted molar refractivity (Wildman–Crippen MR) is 121 cm³/mol. The Morgan fingerprint density at radius 3 is 2.78 bits per heavy atom. The molecule has 0 radical (unpaired) electrons. The number of carbonyl (C=O) groups excluding carboxylic acids is 1. The second-order valence-corrected chi connectivity index (χ2v) is 7.77. The van der Waals surface area contributed by atoms with Crippen LogP contribution in [0.5, 0.6) is 0 Å². The first-order chi connectivity index (χ1) is 15.4. The van der Waals surface area contributed by atoms with Crippen LogP contribution in [0.3, 0.4) is 0 Å². The number of aromatic nitrogens is 4. The Hall–Kier alpha value is -3.49. The van der Waals surface area contributed by atoms with Crippen molar-refractivity contribution in [2.45, 2.75) is 13.5 Å². The molecular formula is C22H17Cl2FN6O. The Bertz CT molecular complexity index is 1290. The van der Waals surface area contributed by atoms with Gasteiger partial charge >= 0.3 is 0 Å². The van der Waals surface area contributed by atoms with Gasteiger partial charge in [0, 0.05) is 29.5 Å². The number of imidazole rings is 1. The van der Waals surface area contributed by atoms with E-state index in [0.717, 1.165) is 11.1 Å². The smallest absolute Gasteiger partial charge is 0.271 e. The van der Waals surface area contributed by atoms with E-state index in [1.165, 1.54) is 24.5 Å². The zero-order valence-corrected chi connectivity index (χ0v) is 18.3. The highest BCUT2D eigenvalue weighted by Gasteiger charge is 2.13. The van der Waals surface area contributed by atoms with Crippen molar-refractivity contribution in [1.29, 1.82) is 0 Å². The average Bonchev–Trinajstić information content (AvgIpc) is 3.25. The van der Waals surface area contributed by atoms with Gasteiger partial charge in [0.15, 0.2) is 0 Å². The van der Waals surface area contributed by atoms with Crippen molar-refractivity contribution in [3.63, 3.8) is 0 Å². The molecule has 0 fully saturated rings. The van der Waals surface area contributed by atoms with E-state index in [4.69, 9.17) is 23.2 Å². The van der Waals surface area contributed by atoms with Crippen LogP contribution >= 0.6 is 23.2 Å². The molecule has 0 saturated carbocycles. The maximum Gasteiger partial charge on any atom is 0.271 e. The number of amides is 1. The van der Waals surface area contributed by atoms with Crippen LogP contribution in [0, 0.1) is 12.7 Å². The molecule has 2 heterocycles. The topological polar surface area (TPSA) is 84.7 Å². The lowest BCUT2D eigenvalue weighted by molar-refractivity contribution is 0.0946. The Kier molecular flexibility index (Phi) is 6.34. The summed E-state index contributed by atoms with van der Waals surface area (Å²) in [6.45, 7) is 2.16. The van der Waals surface area contributed by atoms with E-state index in [2.05, 4.69) is 25.6 Å². The summed E-state index contributed by atoms with van der Waals surface area (Å²) >= 11 is 12.0. The molecule has 2 N–H and O–H groups in total. The first-order valence-electron chi connectivity index (χ1n) is 9.52. The Labute approximate surface area is 193 Å². The van der Waals surface area contributed by atoms with Crippen LogP contribution in [0.15, 0.2) is 61.2 Å². The van der Waals surface area contributed by atoms with Gasteiger partial charge in [-0.25, -0.2) is 14.4 Å². The van der Waals surface area contributed by atoms with E-state index in [1.807, 2.05) is 19.1 Å². The van der Waals surface area contributed by atoms with Gasteiger partial charge in [-0.2, -0.15) is 4.98 Å². The average molecular weight is 471 g/mol. The molecule has 0 unspecified atom stereocenters. The van der Waals surface area contributed by atoms with Crippen molar-refractivity contribution in [2.75, 3.05) is 5.32 Å². The molecule has 162 valence electrons. The number of nitrogens with one attached hydrogen (secondary N) is 2. The molecule has 7 nitrogen and oxygen atoms in total. The number of nitrogens with zero attached hydrogens (tertiary/aromatic N) is 4. The van der Waals surface area contributed by atoms with Crippen LogP contribution in [0.4, 0.5) is 16.0 Å². The standard InChI is InChI=1S/C22H17Cl2FN6O/c1-13-9-27-22(29-18-6-5-16(25)8-17(18)24)30-20(13)31-11-19(28-12-31)21(32)26-10-14-3-2-4-15(23)7-14/h2-9,11-12H,10H2,1H3,(H,26,32)(H,27,29,30). The normalized spacial score (nSPS) is 10.8. The van der Waals surface area contributed by atoms with E-state index >= 15 is 0 Å². The molecule has 2 aromatic carbocycles. The van der Waals surface area contributed by atoms with Gasteiger partial charge in [0.05, 0.1) is 10.7 Å². The van der Waals surface area contributed by atoms with Crippen molar-refractivity contribution in [3.05, 3.63) is 93.9 Å². The van der Waals surface area contributed by atoms with E-state index < -0.39 is 5.82 Å². The Morgan fingerprint density at radius 1 is 1.16 bits per heavy atom. The number of anilines is 2. The Morgan fingerprint density at radius 2 is 2.00 bits per heavy atom. The molecule has 1 amide bonds. The van der Waals surface area contributed by atoms with E-state index in [9.17, 15) is 9.18 Å². The molecule has 0 spiro atoms. The maximum atomic E-state index is 13.3. The van der Waals surface area contributed by atoms with Gasteiger partial charge in [0.1, 0.15) is 23.7 Å². The minimum Gasteiger partial charge on any atom is -0.347 e. The van der Waals surface area contributed by atoms with E-state index in [0.29, 0.717) is 23.1 Å². The molecule has 0 bridgehead atoms. The van der Waals surface area contributed by atoms with Gasteiger partial charge in [0.25, 0.3) is 5.91 Å². The number of rotatable bonds is 6. The number of benzene rings is 2. The largest absolute Gasteiger partial charge is 0.347 e. The van der Waals surface area contributed by atoms with Crippen molar-refractivity contribution >= 4 is 40.7 Å². The third-order valence-corrected chi connectivity index (χ3v) is 5.07. The number of halogens is 3. The molecular weight excluding hydrogens is 454 g/mol. The van der Waals surface area contributed by atoms with Gasteiger partial charge in [-0.15, -0.1) is 0 Å². The SMILES string of the molecule is Cc1cnc(Nc2ccc(F)cc2Cl)nc1-n1cnc(C(=O)NCc2cccc(Cl)c2)c1. The minimum atomic E-state index is -0.439.